The van der Waals surface area contributed by atoms with Crippen LogP contribution < -0.4 is 103 Å². The number of hydrogen-bond acceptors (Lipinski definition) is 6. The van der Waals surface area contributed by atoms with Gasteiger partial charge < -0.3 is 9.11 Å². The van der Waals surface area contributed by atoms with Crippen molar-refractivity contribution in [1.29, 1.82) is 0 Å². The third-order valence-corrected chi connectivity index (χ3v) is 4.37. The van der Waals surface area contributed by atoms with Gasteiger partial charge in [0.15, 0.2) is 0 Å². The Morgan fingerprint density at radius 1 is 0.810 bits per heavy atom. The summed E-state index contributed by atoms with van der Waals surface area (Å²) in [6, 6.07) is 6.08. The molecule has 0 N–H and O–H groups in total. The van der Waals surface area contributed by atoms with Crippen molar-refractivity contribution in [3.05, 3.63) is 35.9 Å². The number of hydrogen-bond donors (Lipinski definition) is 0. The van der Waals surface area contributed by atoms with Crippen LogP contribution in [0.3, 0.4) is 0 Å². The molecule has 0 fully saturated rings. The summed E-state index contributed by atoms with van der Waals surface area (Å²) in [4.78, 5) is -1.08. The predicted octanol–water partition coefficient (Wildman–Crippen LogP) is -5.04. The minimum absolute atomic E-state index is 0. The molecule has 0 heterocycles. The fourth-order valence-electron chi connectivity index (χ4n) is 1.89. The predicted molar refractivity (Wildman–Crippen MR) is 64.6 cm³/mol. The van der Waals surface area contributed by atoms with Gasteiger partial charge in [-0.3, -0.25) is 0 Å². The maximum absolute atomic E-state index is 11.2. The SMILES string of the molecule is Cc1cc(S(=O)(=O)[O-])c2cccc(S(=O)(=O)[O-])c2c1.[K+].[K+]. The molecule has 2 aromatic rings. The summed E-state index contributed by atoms with van der Waals surface area (Å²) in [5.41, 5.74) is 0.373. The molecule has 0 atom stereocenters. The van der Waals surface area contributed by atoms with Gasteiger partial charge in [-0.2, -0.15) is 0 Å². The average molecular weight is 379 g/mol. The molecule has 0 radical (unpaired) electrons. The second-order valence-corrected chi connectivity index (χ2v) is 6.72. The summed E-state index contributed by atoms with van der Waals surface area (Å²) in [6.07, 6.45) is 0. The molecular weight excluding hydrogens is 370 g/mol. The Labute approximate surface area is 208 Å². The van der Waals surface area contributed by atoms with Crippen LogP contribution in [-0.2, 0) is 20.2 Å². The maximum atomic E-state index is 11.2. The van der Waals surface area contributed by atoms with Crippen LogP contribution in [0.5, 0.6) is 0 Å². The molecule has 0 bridgehead atoms. The van der Waals surface area contributed by atoms with Crippen LogP contribution in [0.1, 0.15) is 5.56 Å². The molecule has 0 aliphatic heterocycles. The van der Waals surface area contributed by atoms with E-state index in [1.165, 1.54) is 25.1 Å². The van der Waals surface area contributed by atoms with Crippen molar-refractivity contribution >= 4 is 31.0 Å². The van der Waals surface area contributed by atoms with Gasteiger partial charge in [0.2, 0.25) is 0 Å². The Hall–Kier alpha value is 1.79. The number of fused-ring (bicyclic) bond motifs is 1. The zero-order valence-corrected chi connectivity index (χ0v) is 19.5. The largest absolute Gasteiger partial charge is 1.00 e. The van der Waals surface area contributed by atoms with E-state index >= 15 is 0 Å². The Morgan fingerprint density at radius 2 is 1.33 bits per heavy atom. The first kappa shape index (κ1) is 22.8. The topological polar surface area (TPSA) is 114 Å². The molecule has 0 spiro atoms. The fraction of sp³-hybridized carbons (Fsp3) is 0.0909. The minimum Gasteiger partial charge on any atom is -0.744 e. The van der Waals surface area contributed by atoms with E-state index in [1.54, 1.807) is 0 Å². The van der Waals surface area contributed by atoms with Crippen molar-refractivity contribution in [2.45, 2.75) is 16.7 Å². The standard InChI is InChI=1S/C11H10O6S2.2K/c1-7-5-9-8(11(6-7)19(15,16)17)3-2-4-10(9)18(12,13)14;;/h2-6H,1H3,(H,12,13,14)(H,15,16,17);;/q;2*+1/p-2. The Kier molecular flexibility index (Phi) is 8.95. The molecule has 0 unspecified atom stereocenters. The molecule has 0 aliphatic carbocycles. The van der Waals surface area contributed by atoms with E-state index in [0.717, 1.165) is 12.1 Å². The van der Waals surface area contributed by atoms with Crippen LogP contribution in [0.2, 0.25) is 0 Å². The summed E-state index contributed by atoms with van der Waals surface area (Å²) in [7, 11) is -9.52. The average Bonchev–Trinajstić information content (AvgIpc) is 2.24. The van der Waals surface area contributed by atoms with Gasteiger partial charge in [0, 0.05) is 10.8 Å². The summed E-state index contributed by atoms with van der Waals surface area (Å²) in [5, 5.41) is -0.135. The molecule has 0 aromatic heterocycles. The summed E-state index contributed by atoms with van der Waals surface area (Å²) in [5.74, 6) is 0. The molecule has 6 nitrogen and oxygen atoms in total. The molecule has 0 saturated heterocycles. The zero-order chi connectivity index (χ0) is 14.4. The molecule has 21 heavy (non-hydrogen) atoms. The summed E-state index contributed by atoms with van der Waals surface area (Å²) < 4.78 is 66.9. The summed E-state index contributed by atoms with van der Waals surface area (Å²) >= 11 is 0. The van der Waals surface area contributed by atoms with Crippen LogP contribution in [-0.4, -0.2) is 25.9 Å². The second kappa shape index (κ2) is 8.25. The van der Waals surface area contributed by atoms with Gasteiger partial charge in [0.25, 0.3) is 0 Å². The normalized spacial score (nSPS) is 11.6. The first-order valence-electron chi connectivity index (χ1n) is 5.06. The van der Waals surface area contributed by atoms with E-state index in [2.05, 4.69) is 0 Å². The van der Waals surface area contributed by atoms with E-state index in [4.69, 9.17) is 0 Å². The number of rotatable bonds is 2. The number of benzene rings is 2. The first-order valence-corrected chi connectivity index (χ1v) is 7.87. The first-order chi connectivity index (χ1) is 8.60. The maximum Gasteiger partial charge on any atom is 1.00 e. The monoisotopic (exact) mass is 378 g/mol. The molecule has 2 aromatic carbocycles. The van der Waals surface area contributed by atoms with Crippen LogP contribution in [0, 0.1) is 6.92 Å². The molecule has 0 aliphatic rings. The van der Waals surface area contributed by atoms with Crippen LogP contribution >= 0.6 is 0 Å². The van der Waals surface area contributed by atoms with Gasteiger partial charge in [-0.1, -0.05) is 18.2 Å². The number of aryl methyl sites for hydroxylation is 1. The Morgan fingerprint density at radius 3 is 1.81 bits per heavy atom. The van der Waals surface area contributed by atoms with Gasteiger partial charge in [-0.05, 0) is 24.6 Å². The molecule has 0 saturated carbocycles. The van der Waals surface area contributed by atoms with Crippen molar-refractivity contribution < 1.29 is 129 Å². The molecule has 10 heteroatoms. The second-order valence-electron chi connectivity index (χ2n) is 4.02. The van der Waals surface area contributed by atoms with E-state index in [-0.39, 0.29) is 114 Å². The Balaban J connectivity index is 0.00000200. The van der Waals surface area contributed by atoms with Gasteiger partial charge in [-0.25, -0.2) is 16.8 Å². The van der Waals surface area contributed by atoms with Crippen molar-refractivity contribution in [2.75, 3.05) is 0 Å². The van der Waals surface area contributed by atoms with Crippen molar-refractivity contribution in [2.24, 2.45) is 0 Å². The quantitative estimate of drug-likeness (QED) is 0.382. The minimum atomic E-state index is -4.76. The van der Waals surface area contributed by atoms with E-state index in [1.807, 2.05) is 0 Å². The van der Waals surface area contributed by atoms with Crippen LogP contribution in [0.25, 0.3) is 10.8 Å². The zero-order valence-electron chi connectivity index (χ0n) is 11.7. The van der Waals surface area contributed by atoms with E-state index < -0.39 is 30.0 Å². The summed E-state index contributed by atoms with van der Waals surface area (Å²) in [6.45, 7) is 1.50. The molecule has 2 rings (SSSR count). The van der Waals surface area contributed by atoms with Gasteiger partial charge in [0.05, 0.1) is 9.79 Å². The third kappa shape index (κ3) is 5.39. The van der Waals surface area contributed by atoms with E-state index in [0.29, 0.717) is 5.56 Å². The third-order valence-electron chi connectivity index (χ3n) is 2.60. The van der Waals surface area contributed by atoms with Gasteiger partial charge in [-0.15, -0.1) is 0 Å². The molecular formula is C11H8K2O6S2. The van der Waals surface area contributed by atoms with Crippen molar-refractivity contribution in [3.8, 4) is 0 Å². The van der Waals surface area contributed by atoms with Crippen LogP contribution in [0.4, 0.5) is 0 Å². The fourth-order valence-corrected chi connectivity index (χ4v) is 3.35. The van der Waals surface area contributed by atoms with Gasteiger partial charge >= 0.3 is 103 Å². The smallest absolute Gasteiger partial charge is 0.744 e. The van der Waals surface area contributed by atoms with Crippen LogP contribution in [0.15, 0.2) is 40.1 Å². The van der Waals surface area contributed by atoms with E-state index in [9.17, 15) is 25.9 Å². The van der Waals surface area contributed by atoms with Gasteiger partial charge in [0.1, 0.15) is 20.2 Å². The van der Waals surface area contributed by atoms with Crippen molar-refractivity contribution in [3.63, 3.8) is 0 Å². The Bertz CT molecular complexity index is 875. The molecule has 0 amide bonds. The molecule has 102 valence electrons. The van der Waals surface area contributed by atoms with Crippen molar-refractivity contribution in [1.82, 2.24) is 0 Å².